The molecule has 120 valence electrons. The minimum absolute atomic E-state index is 0.184. The number of carbonyl (C=O) groups is 1. The molecule has 1 heterocycles. The molecule has 0 atom stereocenters. The van der Waals surface area contributed by atoms with Crippen molar-refractivity contribution in [1.82, 2.24) is 10.4 Å². The highest BCUT2D eigenvalue weighted by Gasteiger charge is 2.04. The lowest BCUT2D eigenvalue weighted by molar-refractivity contribution is -0.121. The molecule has 1 aromatic heterocycles. The van der Waals surface area contributed by atoms with E-state index in [4.69, 9.17) is 27.9 Å². The van der Waals surface area contributed by atoms with Crippen LogP contribution < -0.4 is 10.2 Å². The predicted octanol–water partition coefficient (Wildman–Crippen LogP) is 3.70. The van der Waals surface area contributed by atoms with Gasteiger partial charge < -0.3 is 4.74 Å². The number of halogens is 2. The fraction of sp³-hybridized carbons (Fsp3) is 0.188. The van der Waals surface area contributed by atoms with E-state index in [9.17, 15) is 4.79 Å². The summed E-state index contributed by atoms with van der Waals surface area (Å²) in [4.78, 5) is 15.6. The summed E-state index contributed by atoms with van der Waals surface area (Å²) in [5, 5.41) is 4.86. The van der Waals surface area contributed by atoms with Gasteiger partial charge in [0, 0.05) is 29.4 Å². The van der Waals surface area contributed by atoms with E-state index < -0.39 is 0 Å². The smallest absolute Gasteiger partial charge is 0.240 e. The first-order chi connectivity index (χ1) is 11.1. The third-order valence-corrected chi connectivity index (χ3v) is 3.32. The molecular formula is C16H15Cl2N3O2. The highest BCUT2D eigenvalue weighted by atomic mass is 35.5. The molecule has 0 saturated heterocycles. The van der Waals surface area contributed by atoms with Crippen LogP contribution in [0.5, 0.6) is 5.75 Å². The Balaban J connectivity index is 1.66. The third-order valence-electron chi connectivity index (χ3n) is 2.79. The Kier molecular flexibility index (Phi) is 6.84. The number of pyridine rings is 1. The summed E-state index contributed by atoms with van der Waals surface area (Å²) in [7, 11) is 0. The van der Waals surface area contributed by atoms with Gasteiger partial charge in [-0.3, -0.25) is 9.78 Å². The van der Waals surface area contributed by atoms with Crippen LogP contribution in [-0.2, 0) is 4.79 Å². The van der Waals surface area contributed by atoms with Gasteiger partial charge >= 0.3 is 0 Å². The largest absolute Gasteiger partial charge is 0.492 e. The zero-order valence-corrected chi connectivity index (χ0v) is 13.7. The lowest BCUT2D eigenvalue weighted by Crippen LogP contribution is -2.18. The van der Waals surface area contributed by atoms with Gasteiger partial charge in [-0.1, -0.05) is 29.3 Å². The van der Waals surface area contributed by atoms with Crippen molar-refractivity contribution in [3.63, 3.8) is 0 Å². The summed E-state index contributed by atoms with van der Waals surface area (Å²) in [6.45, 7) is 0.376. The van der Waals surface area contributed by atoms with Crippen molar-refractivity contribution in [2.45, 2.75) is 12.8 Å². The van der Waals surface area contributed by atoms with E-state index in [1.165, 1.54) is 6.21 Å². The molecular weight excluding hydrogens is 337 g/mol. The van der Waals surface area contributed by atoms with Crippen LogP contribution in [0.4, 0.5) is 0 Å². The summed E-state index contributed by atoms with van der Waals surface area (Å²) in [5.74, 6) is 0.363. The SMILES string of the molecule is O=C(CCCOc1ccc(Cl)cc1Cl)N/N=C\c1cccnc1. The lowest BCUT2D eigenvalue weighted by Gasteiger charge is -2.07. The summed E-state index contributed by atoms with van der Waals surface area (Å²) in [6, 6.07) is 8.64. The molecule has 0 unspecified atom stereocenters. The number of aromatic nitrogens is 1. The molecule has 7 heteroatoms. The second kappa shape index (κ2) is 9.12. The van der Waals surface area contributed by atoms with E-state index >= 15 is 0 Å². The Hall–Kier alpha value is -2.11. The number of amides is 1. The van der Waals surface area contributed by atoms with Crippen LogP contribution in [0.2, 0.25) is 10.0 Å². The monoisotopic (exact) mass is 351 g/mol. The summed E-state index contributed by atoms with van der Waals surface area (Å²) in [6.07, 6.45) is 5.71. The van der Waals surface area contributed by atoms with Gasteiger partial charge in [0.2, 0.25) is 5.91 Å². The van der Waals surface area contributed by atoms with Crippen LogP contribution in [0.25, 0.3) is 0 Å². The Morgan fingerprint density at radius 1 is 1.35 bits per heavy atom. The minimum atomic E-state index is -0.184. The van der Waals surface area contributed by atoms with Crippen molar-refractivity contribution >= 4 is 35.3 Å². The van der Waals surface area contributed by atoms with Crippen LogP contribution in [-0.4, -0.2) is 23.7 Å². The first-order valence-electron chi connectivity index (χ1n) is 6.95. The molecule has 2 aromatic rings. The Labute approximate surface area is 144 Å². The number of hydrogen-bond donors (Lipinski definition) is 1. The van der Waals surface area contributed by atoms with Crippen LogP contribution in [0.15, 0.2) is 47.8 Å². The Bertz CT molecular complexity index is 678. The molecule has 0 aliphatic rings. The van der Waals surface area contributed by atoms with Crippen molar-refractivity contribution in [2.75, 3.05) is 6.61 Å². The molecule has 0 fully saturated rings. The normalized spacial score (nSPS) is 10.7. The standard InChI is InChI=1S/C16H15Cl2N3O2/c17-13-5-6-15(14(18)9-13)23-8-2-4-16(22)21-20-11-12-3-1-7-19-10-12/h1,3,5-7,9-11H,2,4,8H2,(H,21,22)/b20-11-. The molecule has 0 saturated carbocycles. The fourth-order valence-electron chi connectivity index (χ4n) is 1.69. The minimum Gasteiger partial charge on any atom is -0.492 e. The van der Waals surface area contributed by atoms with Crippen molar-refractivity contribution in [3.8, 4) is 5.75 Å². The number of rotatable bonds is 7. The summed E-state index contributed by atoms with van der Waals surface area (Å²) >= 11 is 11.8. The van der Waals surface area contributed by atoms with Crippen LogP contribution in [0.3, 0.4) is 0 Å². The Morgan fingerprint density at radius 3 is 2.96 bits per heavy atom. The van der Waals surface area contributed by atoms with Gasteiger partial charge in [-0.25, -0.2) is 5.43 Å². The first-order valence-corrected chi connectivity index (χ1v) is 7.70. The molecule has 0 spiro atoms. The average molecular weight is 352 g/mol. The summed E-state index contributed by atoms with van der Waals surface area (Å²) < 4.78 is 5.50. The number of nitrogens with zero attached hydrogens (tertiary/aromatic N) is 2. The zero-order valence-electron chi connectivity index (χ0n) is 12.2. The maximum atomic E-state index is 11.6. The van der Waals surface area contributed by atoms with Crippen molar-refractivity contribution in [3.05, 3.63) is 58.3 Å². The van der Waals surface area contributed by atoms with Crippen molar-refractivity contribution in [2.24, 2.45) is 5.10 Å². The topological polar surface area (TPSA) is 63.6 Å². The van der Waals surface area contributed by atoms with E-state index in [0.29, 0.717) is 35.2 Å². The van der Waals surface area contributed by atoms with Gasteiger partial charge in [-0.05, 0) is 30.7 Å². The quantitative estimate of drug-likeness (QED) is 0.470. The number of carbonyl (C=O) groups excluding carboxylic acids is 1. The fourth-order valence-corrected chi connectivity index (χ4v) is 2.16. The predicted molar refractivity (Wildman–Crippen MR) is 91.2 cm³/mol. The highest BCUT2D eigenvalue weighted by molar-refractivity contribution is 6.35. The van der Waals surface area contributed by atoms with E-state index in [1.807, 2.05) is 6.07 Å². The second-order valence-corrected chi connectivity index (χ2v) is 5.45. The highest BCUT2D eigenvalue weighted by Crippen LogP contribution is 2.27. The van der Waals surface area contributed by atoms with E-state index in [1.54, 1.807) is 36.7 Å². The number of hydrazone groups is 1. The molecule has 0 aliphatic heterocycles. The third kappa shape index (κ3) is 6.26. The maximum absolute atomic E-state index is 11.6. The van der Waals surface area contributed by atoms with Crippen molar-refractivity contribution < 1.29 is 9.53 Å². The first kappa shape index (κ1) is 17.2. The zero-order chi connectivity index (χ0) is 16.5. The number of ether oxygens (including phenoxy) is 1. The van der Waals surface area contributed by atoms with E-state index in [-0.39, 0.29) is 5.91 Å². The average Bonchev–Trinajstić information content (AvgIpc) is 2.54. The molecule has 23 heavy (non-hydrogen) atoms. The lowest BCUT2D eigenvalue weighted by atomic mass is 10.3. The number of benzene rings is 1. The van der Waals surface area contributed by atoms with Gasteiger partial charge in [-0.15, -0.1) is 0 Å². The van der Waals surface area contributed by atoms with Gasteiger partial charge in [0.15, 0.2) is 0 Å². The molecule has 5 nitrogen and oxygen atoms in total. The van der Waals surface area contributed by atoms with Gasteiger partial charge in [0.25, 0.3) is 0 Å². The molecule has 2 rings (SSSR count). The molecule has 0 bridgehead atoms. The molecule has 1 amide bonds. The molecule has 0 aliphatic carbocycles. The summed E-state index contributed by atoms with van der Waals surface area (Å²) in [5.41, 5.74) is 3.27. The van der Waals surface area contributed by atoms with Crippen LogP contribution >= 0.6 is 23.2 Å². The van der Waals surface area contributed by atoms with Gasteiger partial charge in [-0.2, -0.15) is 5.10 Å². The number of nitrogens with one attached hydrogen (secondary N) is 1. The second-order valence-electron chi connectivity index (χ2n) is 4.61. The van der Waals surface area contributed by atoms with Gasteiger partial charge in [0.05, 0.1) is 17.8 Å². The molecule has 1 N–H and O–H groups in total. The van der Waals surface area contributed by atoms with Crippen LogP contribution in [0, 0.1) is 0 Å². The van der Waals surface area contributed by atoms with E-state index in [2.05, 4.69) is 15.5 Å². The maximum Gasteiger partial charge on any atom is 0.240 e. The number of hydrogen-bond acceptors (Lipinski definition) is 4. The van der Waals surface area contributed by atoms with Crippen LogP contribution in [0.1, 0.15) is 18.4 Å². The molecule has 1 aromatic carbocycles. The van der Waals surface area contributed by atoms with Gasteiger partial charge in [0.1, 0.15) is 5.75 Å². The van der Waals surface area contributed by atoms with Crippen molar-refractivity contribution in [1.29, 1.82) is 0 Å². The molecule has 0 radical (unpaired) electrons. The van der Waals surface area contributed by atoms with E-state index in [0.717, 1.165) is 5.56 Å². The Morgan fingerprint density at radius 2 is 2.22 bits per heavy atom.